The second-order valence-corrected chi connectivity index (χ2v) is 4.30. The Morgan fingerprint density at radius 1 is 1.44 bits per heavy atom. The molecule has 1 aliphatic heterocycles. The number of ether oxygens (including phenoxy) is 1. The molecule has 5 heteroatoms. The zero-order chi connectivity index (χ0) is 13.1. The van der Waals surface area contributed by atoms with Gasteiger partial charge in [0.1, 0.15) is 5.75 Å². The molecular weight excluding hydrogens is 232 g/mol. The quantitative estimate of drug-likeness (QED) is 0.779. The fourth-order valence-electron chi connectivity index (χ4n) is 2.01. The molecule has 2 N–H and O–H groups in total. The van der Waals surface area contributed by atoms with Crippen LogP contribution in [-0.4, -0.2) is 36.4 Å². The molecule has 5 nitrogen and oxygen atoms in total. The van der Waals surface area contributed by atoms with Gasteiger partial charge in [-0.15, -0.1) is 0 Å². The zero-order valence-electron chi connectivity index (χ0n) is 10.3. The van der Waals surface area contributed by atoms with E-state index in [9.17, 15) is 9.59 Å². The van der Waals surface area contributed by atoms with Crippen LogP contribution in [0.2, 0.25) is 0 Å². The van der Waals surface area contributed by atoms with Gasteiger partial charge < -0.3 is 10.5 Å². The summed E-state index contributed by atoms with van der Waals surface area (Å²) in [6, 6.07) is 6.90. The Bertz CT molecular complexity index is 473. The van der Waals surface area contributed by atoms with E-state index < -0.39 is 6.04 Å². The van der Waals surface area contributed by atoms with Gasteiger partial charge in [0, 0.05) is 6.54 Å². The van der Waals surface area contributed by atoms with Gasteiger partial charge in [-0.05, 0) is 24.1 Å². The summed E-state index contributed by atoms with van der Waals surface area (Å²) in [6.45, 7) is 0.374. The smallest absolute Gasteiger partial charge is 0.246 e. The lowest BCUT2D eigenvalue weighted by atomic mass is 10.1. The van der Waals surface area contributed by atoms with E-state index in [0.29, 0.717) is 13.0 Å². The second-order valence-electron chi connectivity index (χ2n) is 4.30. The van der Waals surface area contributed by atoms with E-state index in [1.165, 1.54) is 4.90 Å². The molecule has 0 aliphatic carbocycles. The Labute approximate surface area is 106 Å². The predicted octanol–water partition coefficient (Wildman–Crippen LogP) is 0.324. The third kappa shape index (κ3) is 2.51. The van der Waals surface area contributed by atoms with Crippen LogP contribution in [0.3, 0.4) is 0 Å². The Morgan fingerprint density at radius 2 is 2.22 bits per heavy atom. The number of benzene rings is 1. The standard InChI is InChI=1S/C13H16N2O3/c1-18-10-4-2-3-9(7-10)5-6-15-12(16)8-11(14)13(15)17/h2-4,7,11H,5-6,8,14H2,1H3. The molecular formula is C13H16N2O3. The van der Waals surface area contributed by atoms with Gasteiger partial charge >= 0.3 is 0 Å². The van der Waals surface area contributed by atoms with Crippen LogP contribution in [-0.2, 0) is 16.0 Å². The number of carbonyl (C=O) groups excluding carboxylic acids is 2. The van der Waals surface area contributed by atoms with E-state index in [-0.39, 0.29) is 18.2 Å². The molecule has 0 bridgehead atoms. The van der Waals surface area contributed by atoms with Gasteiger partial charge in [0.05, 0.1) is 19.6 Å². The van der Waals surface area contributed by atoms with Crippen LogP contribution in [0.1, 0.15) is 12.0 Å². The SMILES string of the molecule is COc1cccc(CCN2C(=O)CC(N)C2=O)c1. The molecule has 1 unspecified atom stereocenters. The van der Waals surface area contributed by atoms with Gasteiger partial charge in [-0.3, -0.25) is 14.5 Å². The van der Waals surface area contributed by atoms with Crippen molar-refractivity contribution in [1.82, 2.24) is 4.90 Å². The van der Waals surface area contributed by atoms with Crippen molar-refractivity contribution in [2.45, 2.75) is 18.9 Å². The lowest BCUT2D eigenvalue weighted by molar-refractivity contribution is -0.138. The van der Waals surface area contributed by atoms with Gasteiger partial charge in [0.15, 0.2) is 0 Å². The van der Waals surface area contributed by atoms with E-state index >= 15 is 0 Å². The first-order chi connectivity index (χ1) is 8.61. The Hall–Kier alpha value is -1.88. The molecule has 1 aliphatic rings. The lowest BCUT2D eigenvalue weighted by Crippen LogP contribution is -2.36. The molecule has 1 aromatic carbocycles. The number of nitrogens with zero attached hydrogens (tertiary/aromatic N) is 1. The summed E-state index contributed by atoms with van der Waals surface area (Å²) in [6.07, 6.45) is 0.734. The third-order valence-electron chi connectivity index (χ3n) is 3.04. The summed E-state index contributed by atoms with van der Waals surface area (Å²) in [7, 11) is 1.60. The van der Waals surface area contributed by atoms with E-state index in [2.05, 4.69) is 0 Å². The predicted molar refractivity (Wildman–Crippen MR) is 66.0 cm³/mol. The molecule has 96 valence electrons. The molecule has 0 aromatic heterocycles. The molecule has 1 saturated heterocycles. The number of rotatable bonds is 4. The van der Waals surface area contributed by atoms with Crippen LogP contribution in [0.25, 0.3) is 0 Å². The van der Waals surface area contributed by atoms with Gasteiger partial charge in [0.25, 0.3) is 0 Å². The Kier molecular flexibility index (Phi) is 3.62. The number of likely N-dealkylation sites (tertiary alicyclic amines) is 1. The molecule has 0 radical (unpaired) electrons. The van der Waals surface area contributed by atoms with E-state index in [0.717, 1.165) is 11.3 Å². The molecule has 1 atom stereocenters. The van der Waals surface area contributed by atoms with Crippen molar-refractivity contribution in [2.24, 2.45) is 5.73 Å². The van der Waals surface area contributed by atoms with Gasteiger partial charge in [0.2, 0.25) is 11.8 Å². The van der Waals surface area contributed by atoms with E-state index in [1.54, 1.807) is 7.11 Å². The van der Waals surface area contributed by atoms with Crippen LogP contribution in [0, 0.1) is 0 Å². The molecule has 18 heavy (non-hydrogen) atoms. The number of imide groups is 1. The minimum Gasteiger partial charge on any atom is -0.497 e. The minimum atomic E-state index is -0.664. The topological polar surface area (TPSA) is 72.6 Å². The first-order valence-electron chi connectivity index (χ1n) is 5.84. The van der Waals surface area contributed by atoms with Crippen LogP contribution < -0.4 is 10.5 Å². The largest absolute Gasteiger partial charge is 0.497 e. The number of nitrogens with two attached hydrogens (primary N) is 1. The van der Waals surface area contributed by atoms with Crippen molar-refractivity contribution in [3.8, 4) is 5.75 Å². The van der Waals surface area contributed by atoms with Crippen molar-refractivity contribution in [3.63, 3.8) is 0 Å². The maximum atomic E-state index is 11.6. The maximum absolute atomic E-state index is 11.6. The highest BCUT2D eigenvalue weighted by molar-refractivity contribution is 6.05. The maximum Gasteiger partial charge on any atom is 0.246 e. The third-order valence-corrected chi connectivity index (χ3v) is 3.04. The highest BCUT2D eigenvalue weighted by Crippen LogP contribution is 2.15. The van der Waals surface area contributed by atoms with Crippen molar-refractivity contribution in [2.75, 3.05) is 13.7 Å². The number of carbonyl (C=O) groups is 2. The van der Waals surface area contributed by atoms with Crippen molar-refractivity contribution in [1.29, 1.82) is 0 Å². The Morgan fingerprint density at radius 3 is 2.83 bits per heavy atom. The molecule has 0 spiro atoms. The molecule has 1 fully saturated rings. The summed E-state index contributed by atoms with van der Waals surface area (Å²) >= 11 is 0. The summed E-state index contributed by atoms with van der Waals surface area (Å²) < 4.78 is 5.12. The van der Waals surface area contributed by atoms with Crippen LogP contribution >= 0.6 is 0 Å². The molecule has 2 amide bonds. The molecule has 1 aromatic rings. The normalized spacial score (nSPS) is 19.4. The highest BCUT2D eigenvalue weighted by atomic mass is 16.5. The number of methoxy groups -OCH3 is 1. The zero-order valence-corrected chi connectivity index (χ0v) is 10.3. The molecule has 1 heterocycles. The number of hydrogen-bond donors (Lipinski definition) is 1. The monoisotopic (exact) mass is 248 g/mol. The summed E-state index contributed by atoms with van der Waals surface area (Å²) in [4.78, 5) is 24.4. The van der Waals surface area contributed by atoms with Crippen molar-refractivity contribution in [3.05, 3.63) is 29.8 Å². The van der Waals surface area contributed by atoms with Crippen molar-refractivity contribution < 1.29 is 14.3 Å². The lowest BCUT2D eigenvalue weighted by Gasteiger charge is -2.14. The van der Waals surface area contributed by atoms with Crippen molar-refractivity contribution >= 4 is 11.8 Å². The summed E-state index contributed by atoms with van der Waals surface area (Å²) in [5, 5.41) is 0. The Balaban J connectivity index is 1.99. The number of amides is 2. The molecule has 0 saturated carbocycles. The fraction of sp³-hybridized carbons (Fsp3) is 0.385. The first-order valence-corrected chi connectivity index (χ1v) is 5.84. The van der Waals surface area contributed by atoms with E-state index in [1.807, 2.05) is 24.3 Å². The fourth-order valence-corrected chi connectivity index (χ4v) is 2.01. The highest BCUT2D eigenvalue weighted by Gasteiger charge is 2.35. The second kappa shape index (κ2) is 5.18. The molecule has 2 rings (SSSR count). The van der Waals surface area contributed by atoms with Gasteiger partial charge in [-0.25, -0.2) is 0 Å². The van der Waals surface area contributed by atoms with E-state index in [4.69, 9.17) is 10.5 Å². The van der Waals surface area contributed by atoms with Crippen LogP contribution in [0.5, 0.6) is 5.75 Å². The summed E-state index contributed by atoms with van der Waals surface area (Å²) in [5.41, 5.74) is 6.57. The minimum absolute atomic E-state index is 0.122. The number of hydrogen-bond acceptors (Lipinski definition) is 4. The van der Waals surface area contributed by atoms with Gasteiger partial charge in [-0.2, -0.15) is 0 Å². The van der Waals surface area contributed by atoms with Gasteiger partial charge in [-0.1, -0.05) is 12.1 Å². The van der Waals surface area contributed by atoms with Crippen LogP contribution in [0.4, 0.5) is 0 Å². The van der Waals surface area contributed by atoms with Crippen LogP contribution in [0.15, 0.2) is 24.3 Å². The summed E-state index contributed by atoms with van der Waals surface area (Å²) in [5.74, 6) is 0.307. The average Bonchev–Trinajstić information content (AvgIpc) is 2.61. The average molecular weight is 248 g/mol. The first kappa shape index (κ1) is 12.6.